The number of benzene rings is 1. The molecule has 1 aromatic carbocycles. The zero-order valence-corrected chi connectivity index (χ0v) is 10.0. The van der Waals surface area contributed by atoms with Crippen LogP contribution < -0.4 is 5.32 Å². The number of aromatic nitrogens is 2. The molecule has 1 heterocycles. The van der Waals surface area contributed by atoms with Crippen LogP contribution in [0.4, 0.5) is 0 Å². The lowest BCUT2D eigenvalue weighted by Gasteiger charge is -2.05. The zero-order chi connectivity index (χ0) is 11.4. The van der Waals surface area contributed by atoms with Crippen molar-refractivity contribution >= 4 is 23.2 Å². The van der Waals surface area contributed by atoms with Crippen molar-refractivity contribution in [2.24, 2.45) is 0 Å². The second kappa shape index (κ2) is 5.34. The molecular formula is C11H11Cl2N3. The minimum Gasteiger partial charge on any atom is -0.348 e. The lowest BCUT2D eigenvalue weighted by atomic mass is 10.2. The normalized spacial score (nSPS) is 10.6. The first kappa shape index (κ1) is 11.5. The van der Waals surface area contributed by atoms with E-state index in [1.165, 1.54) is 0 Å². The van der Waals surface area contributed by atoms with E-state index in [0.717, 1.165) is 11.4 Å². The first-order valence-electron chi connectivity index (χ1n) is 4.88. The van der Waals surface area contributed by atoms with Crippen LogP contribution in [0.25, 0.3) is 0 Å². The summed E-state index contributed by atoms with van der Waals surface area (Å²) in [6.45, 7) is 1.38. The summed E-state index contributed by atoms with van der Waals surface area (Å²) in [5.41, 5.74) is 1.03. The summed E-state index contributed by atoms with van der Waals surface area (Å²) in [7, 11) is 0. The number of rotatable bonds is 4. The number of nitrogens with zero attached hydrogens (tertiary/aromatic N) is 1. The minimum atomic E-state index is 0.653. The van der Waals surface area contributed by atoms with E-state index in [4.69, 9.17) is 23.2 Å². The van der Waals surface area contributed by atoms with E-state index in [-0.39, 0.29) is 0 Å². The third kappa shape index (κ3) is 2.98. The van der Waals surface area contributed by atoms with Gasteiger partial charge >= 0.3 is 0 Å². The van der Waals surface area contributed by atoms with Gasteiger partial charge in [0.1, 0.15) is 5.82 Å². The number of hydrogen-bond acceptors (Lipinski definition) is 2. The lowest BCUT2D eigenvalue weighted by Crippen LogP contribution is -2.13. The molecule has 0 amide bonds. The van der Waals surface area contributed by atoms with Gasteiger partial charge in [0.05, 0.1) is 6.54 Å². The van der Waals surface area contributed by atoms with Crippen LogP contribution >= 0.6 is 23.2 Å². The van der Waals surface area contributed by atoms with E-state index in [1.807, 2.05) is 12.1 Å². The standard InChI is InChI=1S/C11H11Cl2N3/c12-9-2-1-8(10(13)5-9)6-14-7-11-15-3-4-16-11/h1-5,14H,6-7H2,(H,15,16). The first-order valence-corrected chi connectivity index (χ1v) is 5.64. The highest BCUT2D eigenvalue weighted by atomic mass is 35.5. The van der Waals surface area contributed by atoms with Crippen LogP contribution in [0.2, 0.25) is 10.0 Å². The van der Waals surface area contributed by atoms with Crippen LogP contribution in [-0.4, -0.2) is 9.97 Å². The van der Waals surface area contributed by atoms with E-state index in [0.29, 0.717) is 23.1 Å². The second-order valence-electron chi connectivity index (χ2n) is 3.38. The molecule has 0 saturated heterocycles. The van der Waals surface area contributed by atoms with Gasteiger partial charge in [0, 0.05) is 29.0 Å². The maximum absolute atomic E-state index is 6.04. The van der Waals surface area contributed by atoms with Crippen LogP contribution in [0.5, 0.6) is 0 Å². The highest BCUT2D eigenvalue weighted by Gasteiger charge is 2.01. The van der Waals surface area contributed by atoms with Crippen molar-refractivity contribution in [2.75, 3.05) is 0 Å². The molecule has 0 aliphatic heterocycles. The molecule has 16 heavy (non-hydrogen) atoms. The topological polar surface area (TPSA) is 40.7 Å². The van der Waals surface area contributed by atoms with Crippen LogP contribution in [-0.2, 0) is 13.1 Å². The van der Waals surface area contributed by atoms with Gasteiger partial charge in [-0.15, -0.1) is 0 Å². The fourth-order valence-corrected chi connectivity index (χ4v) is 1.85. The van der Waals surface area contributed by atoms with E-state index in [1.54, 1.807) is 18.5 Å². The molecule has 84 valence electrons. The lowest BCUT2D eigenvalue weighted by molar-refractivity contribution is 0.669. The van der Waals surface area contributed by atoms with Crippen molar-refractivity contribution in [3.63, 3.8) is 0 Å². The monoisotopic (exact) mass is 255 g/mol. The number of halogens is 2. The average Bonchev–Trinajstić information content (AvgIpc) is 2.74. The Balaban J connectivity index is 1.90. The smallest absolute Gasteiger partial charge is 0.120 e. The summed E-state index contributed by atoms with van der Waals surface area (Å²) in [5, 5.41) is 4.58. The van der Waals surface area contributed by atoms with Gasteiger partial charge in [-0.05, 0) is 17.7 Å². The van der Waals surface area contributed by atoms with Gasteiger partial charge < -0.3 is 10.3 Å². The van der Waals surface area contributed by atoms with Crippen molar-refractivity contribution in [2.45, 2.75) is 13.1 Å². The molecule has 0 unspecified atom stereocenters. The molecule has 2 aromatic rings. The van der Waals surface area contributed by atoms with Crippen LogP contribution in [0.1, 0.15) is 11.4 Å². The van der Waals surface area contributed by atoms with Crippen LogP contribution in [0.15, 0.2) is 30.6 Å². The summed E-state index contributed by atoms with van der Waals surface area (Å²) in [5.74, 6) is 0.907. The highest BCUT2D eigenvalue weighted by Crippen LogP contribution is 2.20. The maximum Gasteiger partial charge on any atom is 0.120 e. The molecule has 0 aliphatic rings. The number of imidazole rings is 1. The van der Waals surface area contributed by atoms with Gasteiger partial charge in [0.15, 0.2) is 0 Å². The molecular weight excluding hydrogens is 245 g/mol. The van der Waals surface area contributed by atoms with E-state index < -0.39 is 0 Å². The third-order valence-electron chi connectivity index (χ3n) is 2.18. The SMILES string of the molecule is Clc1ccc(CNCc2ncc[nH]2)c(Cl)c1. The Morgan fingerprint density at radius 3 is 2.81 bits per heavy atom. The van der Waals surface area contributed by atoms with Crippen molar-refractivity contribution in [1.82, 2.24) is 15.3 Å². The van der Waals surface area contributed by atoms with Gasteiger partial charge in [-0.2, -0.15) is 0 Å². The summed E-state index contributed by atoms with van der Waals surface area (Å²) in [6.07, 6.45) is 3.53. The summed E-state index contributed by atoms with van der Waals surface area (Å²) < 4.78 is 0. The fourth-order valence-electron chi connectivity index (χ4n) is 1.38. The molecule has 0 aliphatic carbocycles. The van der Waals surface area contributed by atoms with Crippen molar-refractivity contribution in [3.8, 4) is 0 Å². The molecule has 0 radical (unpaired) electrons. The summed E-state index contributed by atoms with van der Waals surface area (Å²) >= 11 is 11.9. The molecule has 0 saturated carbocycles. The van der Waals surface area contributed by atoms with E-state index >= 15 is 0 Å². The molecule has 0 fully saturated rings. The third-order valence-corrected chi connectivity index (χ3v) is 2.76. The summed E-state index contributed by atoms with van der Waals surface area (Å²) in [6, 6.07) is 5.49. The first-order chi connectivity index (χ1) is 7.75. The second-order valence-corrected chi connectivity index (χ2v) is 4.22. The van der Waals surface area contributed by atoms with Crippen molar-refractivity contribution in [1.29, 1.82) is 0 Å². The number of hydrogen-bond donors (Lipinski definition) is 2. The van der Waals surface area contributed by atoms with Crippen molar-refractivity contribution < 1.29 is 0 Å². The molecule has 0 spiro atoms. The maximum atomic E-state index is 6.04. The van der Waals surface area contributed by atoms with E-state index in [2.05, 4.69) is 15.3 Å². The molecule has 0 bridgehead atoms. The average molecular weight is 256 g/mol. The largest absolute Gasteiger partial charge is 0.348 e. The minimum absolute atomic E-state index is 0.653. The molecule has 2 rings (SSSR count). The molecule has 5 heteroatoms. The van der Waals surface area contributed by atoms with Gasteiger partial charge in [-0.25, -0.2) is 4.98 Å². The summed E-state index contributed by atoms with van der Waals surface area (Å²) in [4.78, 5) is 7.13. The quantitative estimate of drug-likeness (QED) is 0.882. The van der Waals surface area contributed by atoms with E-state index in [9.17, 15) is 0 Å². The fraction of sp³-hybridized carbons (Fsp3) is 0.182. The Morgan fingerprint density at radius 2 is 2.12 bits per heavy atom. The Kier molecular flexibility index (Phi) is 3.83. The predicted octanol–water partition coefficient (Wildman–Crippen LogP) is 3.01. The van der Waals surface area contributed by atoms with Gasteiger partial charge in [0.25, 0.3) is 0 Å². The molecule has 2 N–H and O–H groups in total. The van der Waals surface area contributed by atoms with Crippen molar-refractivity contribution in [3.05, 3.63) is 52.0 Å². The molecule has 1 aromatic heterocycles. The Morgan fingerprint density at radius 1 is 1.25 bits per heavy atom. The zero-order valence-electron chi connectivity index (χ0n) is 8.50. The number of H-pyrrole nitrogens is 1. The Bertz CT molecular complexity index is 454. The number of aromatic amines is 1. The predicted molar refractivity (Wildman–Crippen MR) is 65.6 cm³/mol. The van der Waals surface area contributed by atoms with Gasteiger partial charge in [-0.3, -0.25) is 0 Å². The Hall–Kier alpha value is -1.03. The molecule has 3 nitrogen and oxygen atoms in total. The van der Waals surface area contributed by atoms with Crippen LogP contribution in [0, 0.1) is 0 Å². The Labute approximate surface area is 104 Å². The number of nitrogens with one attached hydrogen (secondary N) is 2. The van der Waals surface area contributed by atoms with Gasteiger partial charge in [0.2, 0.25) is 0 Å². The van der Waals surface area contributed by atoms with Crippen LogP contribution in [0.3, 0.4) is 0 Å². The highest BCUT2D eigenvalue weighted by molar-refractivity contribution is 6.35. The molecule has 0 atom stereocenters. The van der Waals surface area contributed by atoms with Gasteiger partial charge in [-0.1, -0.05) is 29.3 Å².